The van der Waals surface area contributed by atoms with Crippen LogP contribution in [0.4, 0.5) is 0 Å². The molecule has 2 nitrogen and oxygen atoms in total. The summed E-state index contributed by atoms with van der Waals surface area (Å²) in [7, 11) is 0. The Kier molecular flexibility index (Phi) is 6.61. The Hall–Kier alpha value is -0.480. The second-order valence-electron chi connectivity index (χ2n) is 5.76. The molecule has 0 amide bonds. The molecule has 2 aromatic carbocycles. The topological polar surface area (TPSA) is 52.0 Å². The molecule has 0 aromatic heterocycles. The normalized spacial score (nSPS) is 11.7. The molecule has 0 radical (unpaired) electrons. The van der Waals surface area contributed by atoms with E-state index in [1.165, 1.54) is 0 Å². The van der Waals surface area contributed by atoms with Gasteiger partial charge in [-0.3, -0.25) is 0 Å². The van der Waals surface area contributed by atoms with E-state index in [1.807, 2.05) is 24.3 Å². The van der Waals surface area contributed by atoms with Crippen LogP contribution in [0.3, 0.4) is 0 Å². The van der Waals surface area contributed by atoms with Crippen LogP contribution in [0.1, 0.15) is 11.1 Å². The summed E-state index contributed by atoms with van der Waals surface area (Å²) in [5.41, 5.74) is 13.9. The number of hydrogen-bond acceptors (Lipinski definition) is 2. The third-order valence-electron chi connectivity index (χ3n) is 3.99. The summed E-state index contributed by atoms with van der Waals surface area (Å²) >= 11 is 24.1. The molecule has 2 rings (SSSR count). The van der Waals surface area contributed by atoms with Crippen molar-refractivity contribution < 1.29 is 0 Å². The molecule has 6 heteroatoms. The summed E-state index contributed by atoms with van der Waals surface area (Å²) in [6.07, 6.45) is 1.41. The van der Waals surface area contributed by atoms with Gasteiger partial charge in [0.05, 0.1) is 20.1 Å². The number of rotatable bonds is 6. The molecule has 0 atom stereocenters. The molecule has 0 saturated heterocycles. The van der Waals surface area contributed by atoms with Crippen molar-refractivity contribution >= 4 is 46.4 Å². The van der Waals surface area contributed by atoms with Crippen LogP contribution in [0.15, 0.2) is 36.4 Å². The first-order valence-corrected chi connectivity index (χ1v) is 8.68. The highest BCUT2D eigenvalue weighted by Crippen LogP contribution is 2.31. The van der Waals surface area contributed by atoms with Gasteiger partial charge in [-0.05, 0) is 61.3 Å². The van der Waals surface area contributed by atoms with Crippen molar-refractivity contribution in [3.63, 3.8) is 0 Å². The number of halogens is 4. The van der Waals surface area contributed by atoms with Gasteiger partial charge < -0.3 is 11.5 Å². The molecule has 124 valence electrons. The van der Waals surface area contributed by atoms with E-state index in [4.69, 9.17) is 57.9 Å². The van der Waals surface area contributed by atoms with Gasteiger partial charge in [0.2, 0.25) is 0 Å². The van der Waals surface area contributed by atoms with E-state index in [2.05, 4.69) is 0 Å². The summed E-state index contributed by atoms with van der Waals surface area (Å²) < 4.78 is 0. The van der Waals surface area contributed by atoms with E-state index in [0.717, 1.165) is 11.1 Å². The zero-order valence-corrected chi connectivity index (χ0v) is 15.5. The Labute approximate surface area is 156 Å². The lowest BCUT2D eigenvalue weighted by Crippen LogP contribution is -2.41. The Morgan fingerprint density at radius 2 is 1.04 bits per heavy atom. The van der Waals surface area contributed by atoms with E-state index in [0.29, 0.717) is 46.0 Å². The largest absolute Gasteiger partial charge is 0.330 e. The number of hydrogen-bond donors (Lipinski definition) is 2. The Morgan fingerprint density at radius 1 is 0.652 bits per heavy atom. The molecule has 0 aliphatic rings. The van der Waals surface area contributed by atoms with Gasteiger partial charge in [-0.1, -0.05) is 58.5 Å². The lowest BCUT2D eigenvalue weighted by molar-refractivity contribution is 0.304. The minimum absolute atomic E-state index is 0.283. The van der Waals surface area contributed by atoms with Gasteiger partial charge in [0.25, 0.3) is 0 Å². The van der Waals surface area contributed by atoms with Crippen molar-refractivity contribution in [2.45, 2.75) is 12.8 Å². The van der Waals surface area contributed by atoms with Gasteiger partial charge in [0.1, 0.15) is 0 Å². The molecular formula is C17H18Cl4N2. The lowest BCUT2D eigenvalue weighted by Gasteiger charge is -2.32. The van der Waals surface area contributed by atoms with Crippen molar-refractivity contribution in [2.75, 3.05) is 13.1 Å². The van der Waals surface area contributed by atoms with Crippen molar-refractivity contribution in [3.8, 4) is 0 Å². The zero-order chi connectivity index (χ0) is 17.0. The first-order chi connectivity index (χ1) is 10.9. The van der Waals surface area contributed by atoms with Crippen LogP contribution in [0, 0.1) is 5.41 Å². The summed E-state index contributed by atoms with van der Waals surface area (Å²) in [5.74, 6) is 0. The molecule has 2 aromatic rings. The summed E-state index contributed by atoms with van der Waals surface area (Å²) in [6, 6.07) is 11.2. The van der Waals surface area contributed by atoms with Crippen molar-refractivity contribution in [2.24, 2.45) is 16.9 Å². The van der Waals surface area contributed by atoms with Crippen molar-refractivity contribution in [1.29, 1.82) is 0 Å². The highest BCUT2D eigenvalue weighted by Gasteiger charge is 2.28. The first-order valence-electron chi connectivity index (χ1n) is 7.17. The van der Waals surface area contributed by atoms with Crippen LogP contribution in [0.25, 0.3) is 0 Å². The third-order valence-corrected chi connectivity index (χ3v) is 5.47. The molecule has 0 bridgehead atoms. The fourth-order valence-electron chi connectivity index (χ4n) is 2.60. The third kappa shape index (κ3) is 4.76. The van der Waals surface area contributed by atoms with Crippen LogP contribution in [-0.2, 0) is 12.8 Å². The number of benzene rings is 2. The predicted octanol–water partition coefficient (Wildman–Crippen LogP) is 4.99. The molecule has 0 aliphatic heterocycles. The monoisotopic (exact) mass is 390 g/mol. The van der Waals surface area contributed by atoms with Crippen LogP contribution in [0.2, 0.25) is 20.1 Å². The van der Waals surface area contributed by atoms with Crippen LogP contribution in [0.5, 0.6) is 0 Å². The fourth-order valence-corrected chi connectivity index (χ4v) is 3.24. The van der Waals surface area contributed by atoms with Gasteiger partial charge in [0, 0.05) is 5.41 Å². The van der Waals surface area contributed by atoms with Gasteiger partial charge in [-0.2, -0.15) is 0 Å². The van der Waals surface area contributed by atoms with Crippen LogP contribution >= 0.6 is 46.4 Å². The highest BCUT2D eigenvalue weighted by atomic mass is 35.5. The minimum Gasteiger partial charge on any atom is -0.330 e. The molecule has 4 N–H and O–H groups in total. The Bertz CT molecular complexity index is 629. The summed E-state index contributed by atoms with van der Waals surface area (Å²) in [5, 5.41) is 2.13. The average molecular weight is 392 g/mol. The SMILES string of the molecule is NCC(CN)(Cc1ccc(Cl)c(Cl)c1)Cc1ccc(Cl)c(Cl)c1. The van der Waals surface area contributed by atoms with Gasteiger partial charge in [-0.25, -0.2) is 0 Å². The molecule has 0 fully saturated rings. The van der Waals surface area contributed by atoms with E-state index in [9.17, 15) is 0 Å². The molecule has 0 aliphatic carbocycles. The maximum Gasteiger partial charge on any atom is 0.0595 e. The van der Waals surface area contributed by atoms with Crippen molar-refractivity contribution in [1.82, 2.24) is 0 Å². The first kappa shape index (κ1) is 18.9. The lowest BCUT2D eigenvalue weighted by atomic mass is 9.76. The molecule has 0 heterocycles. The second-order valence-corrected chi connectivity index (χ2v) is 7.39. The maximum absolute atomic E-state index is 6.10. The second kappa shape index (κ2) is 8.06. The maximum atomic E-state index is 6.10. The molecule has 0 unspecified atom stereocenters. The summed E-state index contributed by atoms with van der Waals surface area (Å²) in [6.45, 7) is 0.897. The predicted molar refractivity (Wildman–Crippen MR) is 101 cm³/mol. The van der Waals surface area contributed by atoms with E-state index in [-0.39, 0.29) is 5.41 Å². The van der Waals surface area contributed by atoms with Gasteiger partial charge in [0.15, 0.2) is 0 Å². The van der Waals surface area contributed by atoms with E-state index in [1.54, 1.807) is 12.1 Å². The average Bonchev–Trinajstić information content (AvgIpc) is 2.54. The zero-order valence-electron chi connectivity index (χ0n) is 12.5. The fraction of sp³-hybridized carbons (Fsp3) is 0.294. The summed E-state index contributed by atoms with van der Waals surface area (Å²) in [4.78, 5) is 0. The van der Waals surface area contributed by atoms with E-state index < -0.39 is 0 Å². The highest BCUT2D eigenvalue weighted by molar-refractivity contribution is 6.42. The molecular weight excluding hydrogens is 374 g/mol. The quantitative estimate of drug-likeness (QED) is 0.728. The van der Waals surface area contributed by atoms with Gasteiger partial charge >= 0.3 is 0 Å². The van der Waals surface area contributed by atoms with Crippen LogP contribution < -0.4 is 11.5 Å². The van der Waals surface area contributed by atoms with E-state index >= 15 is 0 Å². The molecule has 0 spiro atoms. The Morgan fingerprint density at radius 3 is 1.35 bits per heavy atom. The van der Waals surface area contributed by atoms with Crippen molar-refractivity contribution in [3.05, 3.63) is 67.6 Å². The minimum atomic E-state index is -0.283. The smallest absolute Gasteiger partial charge is 0.0595 e. The Balaban J connectivity index is 2.26. The van der Waals surface area contributed by atoms with Gasteiger partial charge in [-0.15, -0.1) is 0 Å². The number of nitrogens with two attached hydrogens (primary N) is 2. The molecule has 0 saturated carbocycles. The standard InChI is InChI=1S/C17H18Cl4N2/c18-13-3-1-11(5-15(13)20)7-17(9-22,10-23)8-12-2-4-14(19)16(21)6-12/h1-6H,7-10,22-23H2. The van der Waals surface area contributed by atoms with Crippen LogP contribution in [-0.4, -0.2) is 13.1 Å². The molecule has 23 heavy (non-hydrogen) atoms.